The maximum Gasteiger partial charge on any atom is 0.410 e. The van der Waals surface area contributed by atoms with E-state index in [-0.39, 0.29) is 25.6 Å². The highest BCUT2D eigenvalue weighted by atomic mass is 32.1. The van der Waals surface area contributed by atoms with Crippen LogP contribution in [-0.2, 0) is 29.0 Å². The number of para-hydroxylation sites is 1. The molecule has 1 aliphatic heterocycles. The molecule has 0 fully saturated rings. The van der Waals surface area contributed by atoms with Crippen LogP contribution in [0.15, 0.2) is 58.1 Å². The lowest BCUT2D eigenvalue weighted by atomic mass is 10.1. The van der Waals surface area contributed by atoms with Gasteiger partial charge in [0.25, 0.3) is 5.56 Å². The Hall–Kier alpha value is -4.18. The second kappa shape index (κ2) is 10.3. The Bertz CT molecular complexity index is 1670. The molecule has 1 aliphatic rings. The molecule has 0 radical (unpaired) electrons. The van der Waals surface area contributed by atoms with Gasteiger partial charge in [-0.15, -0.1) is 11.3 Å². The van der Waals surface area contributed by atoms with E-state index < -0.39 is 17.3 Å². The van der Waals surface area contributed by atoms with Crippen molar-refractivity contribution in [3.63, 3.8) is 0 Å². The number of aryl methyl sites for hydroxylation is 2. The van der Waals surface area contributed by atoms with Crippen LogP contribution in [0.1, 0.15) is 28.5 Å². The minimum absolute atomic E-state index is 0.268. The van der Waals surface area contributed by atoms with Crippen molar-refractivity contribution in [2.45, 2.75) is 40.3 Å². The van der Waals surface area contributed by atoms with Crippen LogP contribution >= 0.6 is 11.3 Å². The molecular weight excluding hydrogens is 504 g/mol. The van der Waals surface area contributed by atoms with Crippen molar-refractivity contribution in [2.24, 2.45) is 0 Å². The van der Waals surface area contributed by atoms with Crippen LogP contribution in [0.25, 0.3) is 15.9 Å². The standard InChI is InChI=1S/C28H28N4O5S/c1-4-37-28(36)30-13-12-21-22(15-30)38-26-24(21)25(34)32(20-8-6-5-7-9-20)27(35)31(26)16-23(33)29-19-11-10-17(2)18(3)14-19/h5-11,14H,4,12-13,15-16H2,1-3H3,(H,29,33). The molecule has 0 saturated carbocycles. The number of hydrogen-bond donors (Lipinski definition) is 1. The van der Waals surface area contributed by atoms with Gasteiger partial charge in [0.1, 0.15) is 11.4 Å². The van der Waals surface area contributed by atoms with E-state index >= 15 is 0 Å². The Morgan fingerprint density at radius 1 is 1.05 bits per heavy atom. The number of thiophene rings is 1. The number of nitrogens with one attached hydrogen (secondary N) is 1. The minimum atomic E-state index is -0.593. The van der Waals surface area contributed by atoms with E-state index in [0.717, 1.165) is 26.1 Å². The molecule has 38 heavy (non-hydrogen) atoms. The third-order valence-corrected chi connectivity index (χ3v) is 8.00. The first-order valence-electron chi connectivity index (χ1n) is 12.4. The number of ether oxygens (including phenoxy) is 1. The van der Waals surface area contributed by atoms with Crippen LogP contribution in [0.3, 0.4) is 0 Å². The smallest absolute Gasteiger partial charge is 0.410 e. The molecule has 2 amide bonds. The first kappa shape index (κ1) is 25.5. The number of hydrogen-bond acceptors (Lipinski definition) is 6. The van der Waals surface area contributed by atoms with Gasteiger partial charge in [-0.1, -0.05) is 24.3 Å². The topological polar surface area (TPSA) is 103 Å². The van der Waals surface area contributed by atoms with Crippen LogP contribution < -0.4 is 16.6 Å². The summed E-state index contributed by atoms with van der Waals surface area (Å²) in [6.07, 6.45) is 0.0352. The predicted molar refractivity (Wildman–Crippen MR) is 147 cm³/mol. The molecule has 0 aliphatic carbocycles. The fraction of sp³-hybridized carbons (Fsp3) is 0.286. The number of benzene rings is 2. The summed E-state index contributed by atoms with van der Waals surface area (Å²) in [5.74, 6) is -0.380. The van der Waals surface area contributed by atoms with Gasteiger partial charge in [0.05, 0.1) is 24.2 Å². The van der Waals surface area contributed by atoms with Crippen LogP contribution in [0.2, 0.25) is 0 Å². The Kier molecular flexibility index (Phi) is 6.90. The lowest BCUT2D eigenvalue weighted by Gasteiger charge is -2.25. The Balaban J connectivity index is 1.62. The molecule has 9 nitrogen and oxygen atoms in total. The van der Waals surface area contributed by atoms with Crippen molar-refractivity contribution in [1.82, 2.24) is 14.0 Å². The summed E-state index contributed by atoms with van der Waals surface area (Å²) in [4.78, 5) is 55.8. The van der Waals surface area contributed by atoms with E-state index in [1.165, 1.54) is 15.9 Å². The van der Waals surface area contributed by atoms with Gasteiger partial charge in [0.2, 0.25) is 5.91 Å². The zero-order chi connectivity index (χ0) is 27.0. The molecular formula is C28H28N4O5S. The van der Waals surface area contributed by atoms with Crippen molar-refractivity contribution in [2.75, 3.05) is 18.5 Å². The zero-order valence-electron chi connectivity index (χ0n) is 21.4. The van der Waals surface area contributed by atoms with Gasteiger partial charge < -0.3 is 15.0 Å². The van der Waals surface area contributed by atoms with Gasteiger partial charge in [-0.2, -0.15) is 0 Å². The molecule has 196 valence electrons. The molecule has 3 heterocycles. The number of carbonyl (C=O) groups excluding carboxylic acids is 2. The van der Waals surface area contributed by atoms with Gasteiger partial charge in [0.15, 0.2) is 0 Å². The molecule has 0 unspecified atom stereocenters. The average Bonchev–Trinajstić information content (AvgIpc) is 3.28. The normalized spacial score (nSPS) is 12.9. The molecule has 0 spiro atoms. The highest BCUT2D eigenvalue weighted by molar-refractivity contribution is 7.18. The molecule has 1 N–H and O–H groups in total. The SMILES string of the molecule is CCOC(=O)N1CCc2c(sc3c2c(=O)n(-c2ccccc2)c(=O)n3CC(=O)Nc2ccc(C)c(C)c2)C1. The number of fused-ring (bicyclic) bond motifs is 3. The average molecular weight is 533 g/mol. The Labute approximate surface area is 222 Å². The second-order valence-corrected chi connectivity index (χ2v) is 10.3. The first-order valence-corrected chi connectivity index (χ1v) is 13.2. The maximum atomic E-state index is 13.7. The quantitative estimate of drug-likeness (QED) is 0.419. The minimum Gasteiger partial charge on any atom is -0.450 e. The summed E-state index contributed by atoms with van der Waals surface area (Å²) in [7, 11) is 0. The molecule has 2 aromatic heterocycles. The number of nitrogens with zero attached hydrogens (tertiary/aromatic N) is 3. The van der Waals surface area contributed by atoms with E-state index in [0.29, 0.717) is 34.6 Å². The van der Waals surface area contributed by atoms with Crippen molar-refractivity contribution in [1.29, 1.82) is 0 Å². The van der Waals surface area contributed by atoms with E-state index in [9.17, 15) is 19.2 Å². The van der Waals surface area contributed by atoms with Crippen molar-refractivity contribution in [3.05, 3.63) is 90.9 Å². The molecule has 0 saturated heterocycles. The van der Waals surface area contributed by atoms with Crippen molar-refractivity contribution in [3.8, 4) is 5.69 Å². The zero-order valence-corrected chi connectivity index (χ0v) is 22.3. The van der Waals surface area contributed by atoms with E-state index in [4.69, 9.17) is 4.74 Å². The lowest BCUT2D eigenvalue weighted by Crippen LogP contribution is -2.41. The Morgan fingerprint density at radius 3 is 2.53 bits per heavy atom. The van der Waals surface area contributed by atoms with Crippen LogP contribution in [-0.4, -0.2) is 39.2 Å². The molecule has 0 atom stereocenters. The molecule has 4 aromatic rings. The summed E-state index contributed by atoms with van der Waals surface area (Å²) in [5.41, 5.74) is 3.00. The van der Waals surface area contributed by atoms with Gasteiger partial charge in [0, 0.05) is 17.1 Å². The van der Waals surface area contributed by atoms with Gasteiger partial charge in [-0.05, 0) is 68.1 Å². The molecule has 5 rings (SSSR count). The predicted octanol–water partition coefficient (Wildman–Crippen LogP) is 3.98. The lowest BCUT2D eigenvalue weighted by molar-refractivity contribution is -0.116. The van der Waals surface area contributed by atoms with Crippen LogP contribution in [0.5, 0.6) is 0 Å². The van der Waals surface area contributed by atoms with E-state index in [2.05, 4.69) is 5.32 Å². The van der Waals surface area contributed by atoms with Gasteiger partial charge in [-0.3, -0.25) is 14.2 Å². The highest BCUT2D eigenvalue weighted by Gasteiger charge is 2.29. The molecule has 2 aromatic carbocycles. The maximum absolute atomic E-state index is 13.7. The van der Waals surface area contributed by atoms with Gasteiger partial charge in [-0.25, -0.2) is 14.2 Å². The number of amides is 2. The first-order chi connectivity index (χ1) is 18.3. The summed E-state index contributed by atoms with van der Waals surface area (Å²) < 4.78 is 7.64. The summed E-state index contributed by atoms with van der Waals surface area (Å²) in [5, 5.41) is 3.28. The van der Waals surface area contributed by atoms with Crippen molar-refractivity contribution < 1.29 is 14.3 Å². The number of aromatic nitrogens is 2. The van der Waals surface area contributed by atoms with E-state index in [1.807, 2.05) is 32.0 Å². The van der Waals surface area contributed by atoms with Gasteiger partial charge >= 0.3 is 11.8 Å². The third-order valence-electron chi connectivity index (χ3n) is 6.76. The van der Waals surface area contributed by atoms with Crippen LogP contribution in [0, 0.1) is 13.8 Å². The van der Waals surface area contributed by atoms with E-state index in [1.54, 1.807) is 42.2 Å². The fourth-order valence-corrected chi connectivity index (χ4v) is 6.03. The summed E-state index contributed by atoms with van der Waals surface area (Å²) in [6, 6.07) is 14.3. The monoisotopic (exact) mass is 532 g/mol. The number of rotatable bonds is 5. The summed E-state index contributed by atoms with van der Waals surface area (Å²) >= 11 is 1.27. The molecule has 0 bridgehead atoms. The third kappa shape index (κ3) is 4.63. The number of carbonyl (C=O) groups is 2. The molecule has 10 heteroatoms. The van der Waals surface area contributed by atoms with Crippen molar-refractivity contribution >= 4 is 39.2 Å². The largest absolute Gasteiger partial charge is 0.450 e. The second-order valence-electron chi connectivity index (χ2n) is 9.25. The highest BCUT2D eigenvalue weighted by Crippen LogP contribution is 2.33. The number of anilines is 1. The fourth-order valence-electron chi connectivity index (χ4n) is 4.68. The Morgan fingerprint density at radius 2 is 1.82 bits per heavy atom. The van der Waals surface area contributed by atoms with Crippen LogP contribution in [0.4, 0.5) is 10.5 Å². The summed E-state index contributed by atoms with van der Waals surface area (Å²) in [6.45, 7) is 6.38.